The number of fused-ring (bicyclic) bond motifs is 1. The monoisotopic (exact) mass is 338 g/mol. The normalized spacial score (nSPS) is 31.4. The average Bonchev–Trinajstić information content (AvgIpc) is 3.29. The number of hydrogen-bond acceptors (Lipinski definition) is 3. The second-order valence-corrected chi connectivity index (χ2v) is 7.54. The molecule has 2 aromatic rings. The van der Waals surface area contributed by atoms with Gasteiger partial charge in [0.2, 0.25) is 0 Å². The van der Waals surface area contributed by atoms with Gasteiger partial charge in [0.25, 0.3) is 0 Å². The summed E-state index contributed by atoms with van der Waals surface area (Å²) < 4.78 is 17.8. The topological polar surface area (TPSA) is 27.7 Å². The second-order valence-electron chi connectivity index (χ2n) is 7.54. The van der Waals surface area contributed by atoms with Gasteiger partial charge in [0.1, 0.15) is 5.75 Å². The van der Waals surface area contributed by atoms with Crippen LogP contribution in [0.15, 0.2) is 48.5 Å². The van der Waals surface area contributed by atoms with E-state index in [9.17, 15) is 0 Å². The van der Waals surface area contributed by atoms with E-state index in [1.54, 1.807) is 7.11 Å². The lowest BCUT2D eigenvalue weighted by molar-refractivity contribution is -0.0976. The van der Waals surface area contributed by atoms with E-state index in [2.05, 4.69) is 50.2 Å². The van der Waals surface area contributed by atoms with Crippen LogP contribution < -0.4 is 4.74 Å². The minimum absolute atomic E-state index is 0.00979. The van der Waals surface area contributed by atoms with E-state index >= 15 is 0 Å². The lowest BCUT2D eigenvalue weighted by Crippen LogP contribution is -2.38. The molecule has 1 heterocycles. The third kappa shape index (κ3) is 2.33. The number of rotatable bonds is 5. The summed E-state index contributed by atoms with van der Waals surface area (Å²) in [6.45, 7) is 5.16. The zero-order valence-electron chi connectivity index (χ0n) is 15.4. The molecule has 25 heavy (non-hydrogen) atoms. The first-order valence-electron chi connectivity index (χ1n) is 8.93. The largest absolute Gasteiger partial charge is 0.497 e. The molecule has 1 aliphatic carbocycles. The minimum Gasteiger partial charge on any atom is -0.497 e. The third-order valence-electron chi connectivity index (χ3n) is 6.30. The Morgan fingerprint density at radius 3 is 2.48 bits per heavy atom. The Bertz CT molecular complexity index is 769. The van der Waals surface area contributed by atoms with Crippen LogP contribution in [-0.2, 0) is 15.1 Å². The summed E-state index contributed by atoms with van der Waals surface area (Å²) in [6.07, 6.45) is 1.18. The van der Waals surface area contributed by atoms with Crippen LogP contribution in [0.2, 0.25) is 0 Å². The highest BCUT2D eigenvalue weighted by Crippen LogP contribution is 2.74. The molecule has 0 radical (unpaired) electrons. The molecule has 1 aliphatic heterocycles. The van der Waals surface area contributed by atoms with Crippen LogP contribution in [0.1, 0.15) is 36.1 Å². The zero-order chi connectivity index (χ0) is 17.7. The Balaban J connectivity index is 1.76. The number of ether oxygens (including phenoxy) is 3. The minimum atomic E-state index is -0.353. The summed E-state index contributed by atoms with van der Waals surface area (Å²) in [4.78, 5) is 0. The Kier molecular flexibility index (Phi) is 3.89. The van der Waals surface area contributed by atoms with Crippen LogP contribution in [0.5, 0.6) is 5.75 Å². The van der Waals surface area contributed by atoms with Gasteiger partial charge in [-0.25, -0.2) is 0 Å². The van der Waals surface area contributed by atoms with Gasteiger partial charge in [-0.05, 0) is 49.4 Å². The average molecular weight is 338 g/mol. The maximum atomic E-state index is 6.38. The molecule has 2 fully saturated rings. The molecule has 1 saturated carbocycles. The fourth-order valence-electron chi connectivity index (χ4n) is 4.85. The molecular weight excluding hydrogens is 312 g/mol. The number of methoxy groups -OCH3 is 2. The van der Waals surface area contributed by atoms with Gasteiger partial charge in [-0.3, -0.25) is 0 Å². The predicted molar refractivity (Wildman–Crippen MR) is 97.8 cm³/mol. The van der Waals surface area contributed by atoms with Crippen molar-refractivity contribution in [2.45, 2.75) is 32.0 Å². The first kappa shape index (κ1) is 16.6. The van der Waals surface area contributed by atoms with Crippen LogP contribution >= 0.6 is 0 Å². The zero-order valence-corrected chi connectivity index (χ0v) is 15.4. The van der Waals surface area contributed by atoms with E-state index < -0.39 is 0 Å². The van der Waals surface area contributed by atoms with Gasteiger partial charge in [-0.15, -0.1) is 0 Å². The van der Waals surface area contributed by atoms with Gasteiger partial charge in [-0.2, -0.15) is 0 Å². The maximum absolute atomic E-state index is 6.38. The molecule has 0 bridgehead atoms. The van der Waals surface area contributed by atoms with E-state index in [1.165, 1.54) is 16.7 Å². The van der Waals surface area contributed by atoms with E-state index in [-0.39, 0.29) is 17.1 Å². The van der Waals surface area contributed by atoms with Crippen LogP contribution in [0.3, 0.4) is 0 Å². The van der Waals surface area contributed by atoms with Crippen LogP contribution in [0.25, 0.3) is 0 Å². The lowest BCUT2D eigenvalue weighted by atomic mass is 9.74. The van der Waals surface area contributed by atoms with E-state index in [1.807, 2.05) is 19.2 Å². The molecule has 0 unspecified atom stereocenters. The highest BCUT2D eigenvalue weighted by atomic mass is 16.5. The summed E-state index contributed by atoms with van der Waals surface area (Å²) in [7, 11) is 3.52. The molecule has 4 atom stereocenters. The van der Waals surface area contributed by atoms with Crippen molar-refractivity contribution in [3.63, 3.8) is 0 Å². The summed E-state index contributed by atoms with van der Waals surface area (Å²) in [5, 5.41) is 0. The van der Waals surface area contributed by atoms with Crippen molar-refractivity contribution in [2.75, 3.05) is 20.8 Å². The number of hydrogen-bond donors (Lipinski definition) is 0. The van der Waals surface area contributed by atoms with Crippen molar-refractivity contribution >= 4 is 0 Å². The van der Waals surface area contributed by atoms with Crippen molar-refractivity contribution in [3.8, 4) is 5.75 Å². The van der Waals surface area contributed by atoms with E-state index in [0.29, 0.717) is 5.92 Å². The van der Waals surface area contributed by atoms with Crippen molar-refractivity contribution in [3.05, 3.63) is 65.2 Å². The van der Waals surface area contributed by atoms with Crippen molar-refractivity contribution < 1.29 is 14.2 Å². The third-order valence-corrected chi connectivity index (χ3v) is 6.30. The summed E-state index contributed by atoms with van der Waals surface area (Å²) in [6, 6.07) is 17.0. The second kappa shape index (κ2) is 5.86. The summed E-state index contributed by atoms with van der Waals surface area (Å²) in [5.74, 6) is 1.42. The number of aryl methyl sites for hydroxylation is 1. The van der Waals surface area contributed by atoms with Gasteiger partial charge in [0, 0.05) is 12.5 Å². The lowest BCUT2D eigenvalue weighted by Gasteiger charge is -2.39. The highest BCUT2D eigenvalue weighted by Gasteiger charge is 2.74. The van der Waals surface area contributed by atoms with Gasteiger partial charge in [0.05, 0.1) is 25.4 Å². The molecule has 132 valence electrons. The molecule has 2 aromatic carbocycles. The molecule has 0 amide bonds. The molecule has 0 spiro atoms. The smallest absolute Gasteiger partial charge is 0.118 e. The van der Waals surface area contributed by atoms with Gasteiger partial charge >= 0.3 is 0 Å². The quantitative estimate of drug-likeness (QED) is 0.795. The highest BCUT2D eigenvalue weighted by molar-refractivity contribution is 5.39. The Morgan fingerprint density at radius 2 is 1.88 bits per heavy atom. The van der Waals surface area contributed by atoms with Gasteiger partial charge in [-0.1, -0.05) is 42.0 Å². The van der Waals surface area contributed by atoms with Gasteiger partial charge in [0.15, 0.2) is 0 Å². The molecule has 0 N–H and O–H groups in total. The Labute approximate surface area is 149 Å². The molecule has 3 nitrogen and oxygen atoms in total. The first-order valence-corrected chi connectivity index (χ1v) is 8.93. The first-order chi connectivity index (χ1) is 12.0. The van der Waals surface area contributed by atoms with E-state index in [4.69, 9.17) is 14.2 Å². The molecule has 3 heteroatoms. The van der Waals surface area contributed by atoms with E-state index in [0.717, 1.165) is 18.8 Å². The van der Waals surface area contributed by atoms with Crippen LogP contribution in [0, 0.1) is 18.3 Å². The van der Waals surface area contributed by atoms with Crippen molar-refractivity contribution in [1.82, 2.24) is 0 Å². The Morgan fingerprint density at radius 1 is 1.12 bits per heavy atom. The molecule has 0 aromatic heterocycles. The predicted octanol–water partition coefficient (Wildman–Crippen LogP) is 4.64. The van der Waals surface area contributed by atoms with Gasteiger partial charge < -0.3 is 14.2 Å². The standard InChI is InChI=1S/C22H26O3/c1-15-6-5-7-16(12-15)20(24-4)22-13-18(22)14-25-21(22,2)17-8-10-19(23-3)11-9-17/h5-12,18,20H,13-14H2,1-4H3/t18-,20+,21-,22-/m1/s1. The fraction of sp³-hybridized carbons (Fsp3) is 0.455. The molecular formula is C22H26O3. The maximum Gasteiger partial charge on any atom is 0.118 e. The molecule has 2 aliphatic rings. The molecule has 4 rings (SSSR count). The van der Waals surface area contributed by atoms with Crippen molar-refractivity contribution in [1.29, 1.82) is 0 Å². The number of benzene rings is 2. The summed E-state index contributed by atoms with van der Waals surface area (Å²) in [5.41, 5.74) is 3.34. The Hall–Kier alpha value is -1.84. The molecule has 1 saturated heterocycles. The van der Waals surface area contributed by atoms with Crippen LogP contribution in [0.4, 0.5) is 0 Å². The SMILES string of the molecule is COc1ccc([C@@]2(C)OC[C@H]3C[C@]32[C@@H](OC)c2cccc(C)c2)cc1. The fourth-order valence-corrected chi connectivity index (χ4v) is 4.85. The van der Waals surface area contributed by atoms with Crippen molar-refractivity contribution in [2.24, 2.45) is 11.3 Å². The van der Waals surface area contributed by atoms with Crippen LogP contribution in [-0.4, -0.2) is 20.8 Å². The summed E-state index contributed by atoms with van der Waals surface area (Å²) >= 11 is 0.